The predicted molar refractivity (Wildman–Crippen MR) is 89.1 cm³/mol. The van der Waals surface area contributed by atoms with Crippen molar-refractivity contribution in [2.24, 2.45) is 0 Å². The van der Waals surface area contributed by atoms with Crippen molar-refractivity contribution in [3.8, 4) is 5.82 Å². The Kier molecular flexibility index (Phi) is 3.74. The number of aromatic nitrogens is 4. The molecule has 1 N–H and O–H groups in total. The van der Waals surface area contributed by atoms with Gasteiger partial charge in [-0.05, 0) is 42.2 Å². The van der Waals surface area contributed by atoms with Crippen molar-refractivity contribution in [2.75, 3.05) is 0 Å². The molecule has 0 bridgehead atoms. The Bertz CT molecular complexity index is 894. The molecule has 6 nitrogen and oxygen atoms in total. The van der Waals surface area contributed by atoms with Gasteiger partial charge >= 0.3 is 0 Å². The Balaban J connectivity index is 1.56. The van der Waals surface area contributed by atoms with Gasteiger partial charge < -0.3 is 5.32 Å². The SMILES string of the molecule is O=C(N[C@@H]1CCc2c(Cl)cccc21)c1ccnc(-n2cncn2)c1. The second-order valence-corrected chi connectivity index (χ2v) is 6.02. The van der Waals surface area contributed by atoms with Gasteiger partial charge in [0, 0.05) is 16.8 Å². The van der Waals surface area contributed by atoms with E-state index in [1.165, 1.54) is 11.0 Å². The number of amides is 1. The van der Waals surface area contributed by atoms with Crippen LogP contribution < -0.4 is 5.32 Å². The van der Waals surface area contributed by atoms with E-state index in [1.54, 1.807) is 24.7 Å². The maximum Gasteiger partial charge on any atom is 0.251 e. The van der Waals surface area contributed by atoms with Crippen LogP contribution in [0.5, 0.6) is 0 Å². The third-order valence-electron chi connectivity index (χ3n) is 4.18. The maximum atomic E-state index is 12.6. The van der Waals surface area contributed by atoms with Gasteiger partial charge in [-0.3, -0.25) is 4.79 Å². The zero-order valence-corrected chi connectivity index (χ0v) is 13.4. The van der Waals surface area contributed by atoms with Crippen LogP contribution in [0.1, 0.15) is 33.9 Å². The summed E-state index contributed by atoms with van der Waals surface area (Å²) in [6.45, 7) is 0. The number of hydrogen-bond donors (Lipinski definition) is 1. The minimum Gasteiger partial charge on any atom is -0.345 e. The number of nitrogens with one attached hydrogen (secondary N) is 1. The van der Waals surface area contributed by atoms with E-state index < -0.39 is 0 Å². The largest absolute Gasteiger partial charge is 0.345 e. The van der Waals surface area contributed by atoms with Crippen LogP contribution in [0, 0.1) is 0 Å². The van der Waals surface area contributed by atoms with Crippen molar-refractivity contribution in [1.29, 1.82) is 0 Å². The number of benzene rings is 1. The van der Waals surface area contributed by atoms with Crippen LogP contribution in [-0.2, 0) is 6.42 Å². The van der Waals surface area contributed by atoms with E-state index in [1.807, 2.05) is 18.2 Å². The monoisotopic (exact) mass is 339 g/mol. The fourth-order valence-electron chi connectivity index (χ4n) is 3.01. The molecule has 0 unspecified atom stereocenters. The standard InChI is InChI=1S/C17H14ClN5O/c18-14-3-1-2-13-12(14)4-5-15(13)22-17(24)11-6-7-20-16(8-11)23-10-19-9-21-23/h1-3,6-10,15H,4-5H2,(H,22,24)/t15-/m1/s1. The molecule has 0 spiro atoms. The lowest BCUT2D eigenvalue weighted by atomic mass is 10.1. The highest BCUT2D eigenvalue weighted by molar-refractivity contribution is 6.31. The number of fused-ring (bicyclic) bond motifs is 1. The summed E-state index contributed by atoms with van der Waals surface area (Å²) in [6, 6.07) is 9.18. The van der Waals surface area contributed by atoms with Gasteiger partial charge in [0.05, 0.1) is 6.04 Å². The highest BCUT2D eigenvalue weighted by Gasteiger charge is 2.25. The van der Waals surface area contributed by atoms with Gasteiger partial charge in [-0.2, -0.15) is 5.10 Å². The van der Waals surface area contributed by atoms with Crippen LogP contribution in [0.2, 0.25) is 5.02 Å². The fourth-order valence-corrected chi connectivity index (χ4v) is 3.29. The van der Waals surface area contributed by atoms with Gasteiger partial charge in [0.1, 0.15) is 12.7 Å². The summed E-state index contributed by atoms with van der Waals surface area (Å²) in [4.78, 5) is 20.7. The third kappa shape index (κ3) is 2.65. The Morgan fingerprint density at radius 3 is 3.08 bits per heavy atom. The lowest BCUT2D eigenvalue weighted by Gasteiger charge is -2.14. The molecule has 0 radical (unpaired) electrons. The van der Waals surface area contributed by atoms with Gasteiger partial charge in [0.2, 0.25) is 0 Å². The number of carbonyl (C=O) groups is 1. The Hall–Kier alpha value is -2.73. The summed E-state index contributed by atoms with van der Waals surface area (Å²) in [6.07, 6.45) is 6.28. The molecule has 4 rings (SSSR count). The van der Waals surface area contributed by atoms with E-state index in [-0.39, 0.29) is 11.9 Å². The molecule has 1 amide bonds. The quantitative estimate of drug-likeness (QED) is 0.796. The van der Waals surface area contributed by atoms with Crippen LogP contribution in [0.15, 0.2) is 49.2 Å². The topological polar surface area (TPSA) is 72.7 Å². The molecule has 2 heterocycles. The van der Waals surface area contributed by atoms with Crippen LogP contribution in [0.4, 0.5) is 0 Å². The van der Waals surface area contributed by atoms with E-state index in [9.17, 15) is 4.79 Å². The smallest absolute Gasteiger partial charge is 0.251 e. The molecule has 3 aromatic rings. The Morgan fingerprint density at radius 1 is 1.33 bits per heavy atom. The normalized spacial score (nSPS) is 16.0. The first-order valence-corrected chi connectivity index (χ1v) is 7.99. The van der Waals surface area contributed by atoms with Gasteiger partial charge in [0.15, 0.2) is 5.82 Å². The van der Waals surface area contributed by atoms with Crippen molar-refractivity contribution >= 4 is 17.5 Å². The second-order valence-electron chi connectivity index (χ2n) is 5.62. The molecule has 1 aliphatic carbocycles. The fraction of sp³-hybridized carbons (Fsp3) is 0.176. The Labute approximate surface area is 143 Å². The minimum atomic E-state index is -0.142. The molecular weight excluding hydrogens is 326 g/mol. The average molecular weight is 340 g/mol. The number of rotatable bonds is 3. The van der Waals surface area contributed by atoms with Crippen molar-refractivity contribution in [1.82, 2.24) is 25.1 Å². The summed E-state index contributed by atoms with van der Waals surface area (Å²) < 4.78 is 1.52. The van der Waals surface area contributed by atoms with Gasteiger partial charge in [-0.1, -0.05) is 23.7 Å². The zero-order chi connectivity index (χ0) is 16.5. The molecule has 24 heavy (non-hydrogen) atoms. The van der Waals surface area contributed by atoms with Crippen LogP contribution in [0.25, 0.3) is 5.82 Å². The molecule has 7 heteroatoms. The molecule has 120 valence electrons. The molecular formula is C17H14ClN5O. The first-order chi connectivity index (χ1) is 11.7. The van der Waals surface area contributed by atoms with E-state index in [0.29, 0.717) is 11.4 Å². The summed E-state index contributed by atoms with van der Waals surface area (Å²) in [5.41, 5.74) is 2.76. The van der Waals surface area contributed by atoms with Crippen molar-refractivity contribution in [3.05, 3.63) is 70.9 Å². The highest BCUT2D eigenvalue weighted by atomic mass is 35.5. The summed E-state index contributed by atoms with van der Waals surface area (Å²) >= 11 is 6.23. The molecule has 0 saturated heterocycles. The molecule has 0 aliphatic heterocycles. The zero-order valence-electron chi connectivity index (χ0n) is 12.7. The minimum absolute atomic E-state index is 0.0193. The number of pyridine rings is 1. The van der Waals surface area contributed by atoms with Gasteiger partial charge in [-0.25, -0.2) is 14.6 Å². The van der Waals surface area contributed by atoms with Crippen molar-refractivity contribution < 1.29 is 4.79 Å². The first kappa shape index (κ1) is 14.8. The Morgan fingerprint density at radius 2 is 2.25 bits per heavy atom. The molecule has 0 fully saturated rings. The lowest BCUT2D eigenvalue weighted by Crippen LogP contribution is -2.27. The second kappa shape index (κ2) is 6.05. The predicted octanol–water partition coefficient (Wildman–Crippen LogP) is 2.73. The first-order valence-electron chi connectivity index (χ1n) is 7.61. The molecule has 1 aliphatic rings. The van der Waals surface area contributed by atoms with E-state index >= 15 is 0 Å². The highest BCUT2D eigenvalue weighted by Crippen LogP contribution is 2.35. The number of hydrogen-bond acceptors (Lipinski definition) is 4. The summed E-state index contributed by atoms with van der Waals surface area (Å²) in [5, 5.41) is 7.87. The van der Waals surface area contributed by atoms with E-state index in [0.717, 1.165) is 29.0 Å². The van der Waals surface area contributed by atoms with E-state index in [4.69, 9.17) is 11.6 Å². The van der Waals surface area contributed by atoms with Crippen LogP contribution in [0.3, 0.4) is 0 Å². The van der Waals surface area contributed by atoms with Gasteiger partial charge in [0.25, 0.3) is 5.91 Å². The molecule has 1 atom stereocenters. The number of carbonyl (C=O) groups excluding carboxylic acids is 1. The van der Waals surface area contributed by atoms with Crippen LogP contribution >= 0.6 is 11.6 Å². The summed E-state index contributed by atoms with van der Waals surface area (Å²) in [5.74, 6) is 0.409. The third-order valence-corrected chi connectivity index (χ3v) is 4.53. The number of halogens is 1. The van der Waals surface area contributed by atoms with Gasteiger partial charge in [-0.15, -0.1) is 0 Å². The molecule has 2 aromatic heterocycles. The van der Waals surface area contributed by atoms with E-state index in [2.05, 4.69) is 20.4 Å². The van der Waals surface area contributed by atoms with Crippen LogP contribution in [-0.4, -0.2) is 25.7 Å². The molecule has 1 aromatic carbocycles. The summed E-state index contributed by atoms with van der Waals surface area (Å²) in [7, 11) is 0. The van der Waals surface area contributed by atoms with Crippen molar-refractivity contribution in [2.45, 2.75) is 18.9 Å². The van der Waals surface area contributed by atoms with Crippen molar-refractivity contribution in [3.63, 3.8) is 0 Å². The maximum absolute atomic E-state index is 12.6. The molecule has 0 saturated carbocycles. The lowest BCUT2D eigenvalue weighted by molar-refractivity contribution is 0.0936. The number of nitrogens with zero attached hydrogens (tertiary/aromatic N) is 4. The average Bonchev–Trinajstić information content (AvgIpc) is 3.26.